The summed E-state index contributed by atoms with van der Waals surface area (Å²) in [5.74, 6) is -0.00598. The van der Waals surface area contributed by atoms with E-state index in [9.17, 15) is 4.79 Å². The molecule has 1 heterocycles. The van der Waals surface area contributed by atoms with Gasteiger partial charge in [0.1, 0.15) is 5.82 Å². The highest BCUT2D eigenvalue weighted by Gasteiger charge is 2.01. The third-order valence-corrected chi connectivity index (χ3v) is 1.62. The molecule has 4 nitrogen and oxygen atoms in total. The van der Waals surface area contributed by atoms with Crippen molar-refractivity contribution < 1.29 is 9.90 Å². The zero-order valence-electron chi connectivity index (χ0n) is 7.69. The van der Waals surface area contributed by atoms with Gasteiger partial charge in [0.2, 0.25) is 0 Å². The van der Waals surface area contributed by atoms with Crippen LogP contribution in [-0.2, 0) is 11.2 Å². The van der Waals surface area contributed by atoms with Crippen molar-refractivity contribution in [1.82, 2.24) is 4.98 Å². The molecule has 0 radical (unpaired) electrons. The summed E-state index contributed by atoms with van der Waals surface area (Å²) in [6.45, 7) is 0. The minimum atomic E-state index is -0.834. The number of nitrogens with zero attached hydrogens (tertiary/aromatic N) is 2. The van der Waals surface area contributed by atoms with Crippen LogP contribution in [0.1, 0.15) is 5.56 Å². The Morgan fingerprint density at radius 1 is 1.54 bits per heavy atom. The summed E-state index contributed by atoms with van der Waals surface area (Å²) in [6.07, 6.45) is 1.62. The molecule has 0 aromatic carbocycles. The molecule has 0 bridgehead atoms. The summed E-state index contributed by atoms with van der Waals surface area (Å²) in [6, 6.07) is 3.58. The molecule has 1 N–H and O–H groups in total. The minimum absolute atomic E-state index is 0.0285. The van der Waals surface area contributed by atoms with Crippen molar-refractivity contribution in [3.05, 3.63) is 23.9 Å². The SMILES string of the molecule is CN(C)c1ccc(CC(=O)O)cn1. The molecule has 1 aromatic rings. The van der Waals surface area contributed by atoms with Gasteiger partial charge in [-0.2, -0.15) is 0 Å². The van der Waals surface area contributed by atoms with Gasteiger partial charge in [-0.25, -0.2) is 4.98 Å². The predicted molar refractivity (Wildman–Crippen MR) is 49.9 cm³/mol. The van der Waals surface area contributed by atoms with Gasteiger partial charge >= 0.3 is 5.97 Å². The highest BCUT2D eigenvalue weighted by Crippen LogP contribution is 2.07. The van der Waals surface area contributed by atoms with Crippen LogP contribution in [0.15, 0.2) is 18.3 Å². The molecule has 0 unspecified atom stereocenters. The molecule has 0 atom stereocenters. The Morgan fingerprint density at radius 3 is 2.62 bits per heavy atom. The number of anilines is 1. The maximum absolute atomic E-state index is 10.3. The Hall–Kier alpha value is -1.58. The highest BCUT2D eigenvalue weighted by molar-refractivity contribution is 5.70. The van der Waals surface area contributed by atoms with E-state index in [-0.39, 0.29) is 6.42 Å². The molecule has 1 rings (SSSR count). The third kappa shape index (κ3) is 2.74. The molecule has 13 heavy (non-hydrogen) atoms. The second-order valence-electron chi connectivity index (χ2n) is 2.99. The molecule has 70 valence electrons. The van der Waals surface area contributed by atoms with E-state index in [2.05, 4.69) is 4.98 Å². The summed E-state index contributed by atoms with van der Waals surface area (Å²) in [4.78, 5) is 16.3. The number of carboxylic acid groups (broad SMARTS) is 1. The van der Waals surface area contributed by atoms with E-state index in [1.807, 2.05) is 19.0 Å². The normalized spacial score (nSPS) is 9.69. The Balaban J connectivity index is 2.75. The Kier molecular flexibility index (Phi) is 2.84. The zero-order valence-corrected chi connectivity index (χ0v) is 7.69. The molecule has 0 aliphatic heterocycles. The predicted octanol–water partition coefficient (Wildman–Crippen LogP) is 0.775. The number of aromatic nitrogens is 1. The summed E-state index contributed by atoms with van der Waals surface area (Å²) in [5.41, 5.74) is 0.720. The van der Waals surface area contributed by atoms with Crippen LogP contribution in [0.5, 0.6) is 0 Å². The second kappa shape index (κ2) is 3.89. The standard InChI is InChI=1S/C9H12N2O2/c1-11(2)8-4-3-7(6-10-8)5-9(12)13/h3-4,6H,5H2,1-2H3,(H,12,13). The highest BCUT2D eigenvalue weighted by atomic mass is 16.4. The van der Waals surface area contributed by atoms with Gasteiger partial charge in [-0.1, -0.05) is 6.07 Å². The Bertz CT molecular complexity index is 293. The van der Waals surface area contributed by atoms with Gasteiger partial charge in [-0.05, 0) is 11.6 Å². The lowest BCUT2D eigenvalue weighted by atomic mass is 10.2. The first-order chi connectivity index (χ1) is 6.09. The number of hydrogen-bond acceptors (Lipinski definition) is 3. The first-order valence-electron chi connectivity index (χ1n) is 3.93. The van der Waals surface area contributed by atoms with Crippen LogP contribution >= 0.6 is 0 Å². The smallest absolute Gasteiger partial charge is 0.307 e. The number of carbonyl (C=O) groups is 1. The third-order valence-electron chi connectivity index (χ3n) is 1.62. The van der Waals surface area contributed by atoms with Crippen molar-refractivity contribution in [1.29, 1.82) is 0 Å². The fourth-order valence-corrected chi connectivity index (χ4v) is 0.960. The van der Waals surface area contributed by atoms with Gasteiger partial charge in [0.15, 0.2) is 0 Å². The number of aliphatic carboxylic acids is 1. The largest absolute Gasteiger partial charge is 0.481 e. The number of pyridine rings is 1. The molecular weight excluding hydrogens is 168 g/mol. The van der Waals surface area contributed by atoms with E-state index >= 15 is 0 Å². The van der Waals surface area contributed by atoms with Gasteiger partial charge in [-0.3, -0.25) is 4.79 Å². The van der Waals surface area contributed by atoms with Crippen molar-refractivity contribution in [2.24, 2.45) is 0 Å². The van der Waals surface area contributed by atoms with Gasteiger partial charge in [0, 0.05) is 20.3 Å². The van der Waals surface area contributed by atoms with Crippen LogP contribution in [0, 0.1) is 0 Å². The van der Waals surface area contributed by atoms with E-state index in [0.717, 1.165) is 11.4 Å². The van der Waals surface area contributed by atoms with Crippen LogP contribution < -0.4 is 4.90 Å². The molecule has 0 amide bonds. The molecule has 4 heteroatoms. The Morgan fingerprint density at radius 2 is 2.23 bits per heavy atom. The van der Waals surface area contributed by atoms with Crippen molar-refractivity contribution in [2.45, 2.75) is 6.42 Å². The van der Waals surface area contributed by atoms with Gasteiger partial charge in [0.25, 0.3) is 0 Å². The van der Waals surface area contributed by atoms with Crippen molar-refractivity contribution in [2.75, 3.05) is 19.0 Å². The zero-order chi connectivity index (χ0) is 9.84. The first-order valence-corrected chi connectivity index (χ1v) is 3.93. The summed E-state index contributed by atoms with van der Waals surface area (Å²) in [7, 11) is 3.78. The fraction of sp³-hybridized carbons (Fsp3) is 0.333. The maximum atomic E-state index is 10.3. The fourth-order valence-electron chi connectivity index (χ4n) is 0.960. The second-order valence-corrected chi connectivity index (χ2v) is 2.99. The molecule has 0 spiro atoms. The molecule has 0 fully saturated rings. The van der Waals surface area contributed by atoms with Crippen molar-refractivity contribution >= 4 is 11.8 Å². The molecule has 0 aliphatic rings. The van der Waals surface area contributed by atoms with Gasteiger partial charge in [-0.15, -0.1) is 0 Å². The lowest BCUT2D eigenvalue weighted by molar-refractivity contribution is -0.136. The molecular formula is C9H12N2O2. The molecule has 0 saturated heterocycles. The van der Waals surface area contributed by atoms with Crippen LogP contribution in [0.2, 0.25) is 0 Å². The van der Waals surface area contributed by atoms with E-state index in [0.29, 0.717) is 0 Å². The topological polar surface area (TPSA) is 53.4 Å². The summed E-state index contributed by atoms with van der Waals surface area (Å²) >= 11 is 0. The lowest BCUT2D eigenvalue weighted by Crippen LogP contribution is -2.10. The van der Waals surface area contributed by atoms with Crippen LogP contribution in [0.3, 0.4) is 0 Å². The van der Waals surface area contributed by atoms with E-state index in [4.69, 9.17) is 5.11 Å². The minimum Gasteiger partial charge on any atom is -0.481 e. The molecule has 0 saturated carbocycles. The molecule has 0 aliphatic carbocycles. The lowest BCUT2D eigenvalue weighted by Gasteiger charge is -2.10. The first kappa shape index (κ1) is 9.51. The van der Waals surface area contributed by atoms with Gasteiger partial charge < -0.3 is 10.0 Å². The van der Waals surface area contributed by atoms with Gasteiger partial charge in [0.05, 0.1) is 6.42 Å². The summed E-state index contributed by atoms with van der Waals surface area (Å²) in [5, 5.41) is 8.51. The maximum Gasteiger partial charge on any atom is 0.307 e. The van der Waals surface area contributed by atoms with Crippen LogP contribution in [-0.4, -0.2) is 30.2 Å². The Labute approximate surface area is 76.8 Å². The number of rotatable bonds is 3. The van der Waals surface area contributed by atoms with E-state index < -0.39 is 5.97 Å². The number of hydrogen-bond donors (Lipinski definition) is 1. The van der Waals surface area contributed by atoms with Crippen LogP contribution in [0.25, 0.3) is 0 Å². The average Bonchev–Trinajstić information content (AvgIpc) is 2.04. The van der Waals surface area contributed by atoms with E-state index in [1.54, 1.807) is 18.3 Å². The quantitative estimate of drug-likeness (QED) is 0.746. The number of carboxylic acids is 1. The average molecular weight is 180 g/mol. The monoisotopic (exact) mass is 180 g/mol. The van der Waals surface area contributed by atoms with Crippen molar-refractivity contribution in [3.8, 4) is 0 Å². The summed E-state index contributed by atoms with van der Waals surface area (Å²) < 4.78 is 0. The van der Waals surface area contributed by atoms with Crippen LogP contribution in [0.4, 0.5) is 5.82 Å². The molecule has 1 aromatic heterocycles. The van der Waals surface area contributed by atoms with Crippen molar-refractivity contribution in [3.63, 3.8) is 0 Å². The van der Waals surface area contributed by atoms with E-state index in [1.165, 1.54) is 0 Å².